The summed E-state index contributed by atoms with van der Waals surface area (Å²) in [6.45, 7) is 1.57. The lowest BCUT2D eigenvalue weighted by atomic mass is 10.3. The average molecular weight is 271 g/mol. The molecule has 0 aliphatic heterocycles. The van der Waals surface area contributed by atoms with Crippen molar-refractivity contribution in [3.8, 4) is 0 Å². The molecule has 1 aromatic carbocycles. The quantitative estimate of drug-likeness (QED) is 0.880. The number of hydrogen-bond acceptors (Lipinski definition) is 4. The first-order valence-electron chi connectivity index (χ1n) is 4.72. The Morgan fingerprint density at radius 3 is 2.76 bits per heavy atom. The van der Waals surface area contributed by atoms with Crippen molar-refractivity contribution in [2.75, 3.05) is 5.32 Å². The molecular formula is C10H8Cl2N4O. The highest BCUT2D eigenvalue weighted by Gasteiger charge is 2.06. The Balaban J connectivity index is 2.35. The van der Waals surface area contributed by atoms with Crippen molar-refractivity contribution in [3.05, 3.63) is 44.3 Å². The highest BCUT2D eigenvalue weighted by molar-refractivity contribution is 6.43. The van der Waals surface area contributed by atoms with Gasteiger partial charge in [0.15, 0.2) is 0 Å². The van der Waals surface area contributed by atoms with Gasteiger partial charge in [-0.15, -0.1) is 10.2 Å². The van der Waals surface area contributed by atoms with Crippen LogP contribution in [0, 0.1) is 6.92 Å². The van der Waals surface area contributed by atoms with Gasteiger partial charge in [0.25, 0.3) is 5.56 Å². The van der Waals surface area contributed by atoms with Gasteiger partial charge < -0.3 is 5.32 Å². The molecular weight excluding hydrogens is 263 g/mol. The number of nitrogens with zero attached hydrogens (tertiary/aromatic N) is 2. The van der Waals surface area contributed by atoms with E-state index in [4.69, 9.17) is 23.2 Å². The first kappa shape index (κ1) is 11.9. The van der Waals surface area contributed by atoms with Gasteiger partial charge in [0.2, 0.25) is 5.95 Å². The Morgan fingerprint density at radius 2 is 2.06 bits per heavy atom. The van der Waals surface area contributed by atoms with E-state index in [1.807, 2.05) is 0 Å². The Labute approximate surface area is 107 Å². The van der Waals surface area contributed by atoms with Crippen LogP contribution in [-0.4, -0.2) is 15.2 Å². The van der Waals surface area contributed by atoms with E-state index < -0.39 is 0 Å². The van der Waals surface area contributed by atoms with Crippen molar-refractivity contribution in [3.63, 3.8) is 0 Å². The summed E-state index contributed by atoms with van der Waals surface area (Å²) in [7, 11) is 0. The van der Waals surface area contributed by atoms with Crippen molar-refractivity contribution in [2.45, 2.75) is 6.92 Å². The molecule has 2 rings (SSSR count). The fraction of sp³-hybridized carbons (Fsp3) is 0.100. The molecule has 2 aromatic rings. The molecule has 0 atom stereocenters. The summed E-state index contributed by atoms with van der Waals surface area (Å²) >= 11 is 11.8. The molecule has 1 heterocycles. The topological polar surface area (TPSA) is 70.7 Å². The second-order valence-corrected chi connectivity index (χ2v) is 4.10. The van der Waals surface area contributed by atoms with E-state index in [0.29, 0.717) is 21.4 Å². The molecule has 88 valence electrons. The maximum atomic E-state index is 11.3. The molecule has 0 amide bonds. The summed E-state index contributed by atoms with van der Waals surface area (Å²) in [4.78, 5) is 13.9. The zero-order valence-electron chi connectivity index (χ0n) is 8.79. The number of anilines is 2. The van der Waals surface area contributed by atoms with Gasteiger partial charge in [-0.25, -0.2) is 0 Å². The van der Waals surface area contributed by atoms with E-state index in [1.54, 1.807) is 25.1 Å². The van der Waals surface area contributed by atoms with Crippen molar-refractivity contribution in [1.29, 1.82) is 0 Å². The molecule has 0 bridgehead atoms. The number of rotatable bonds is 2. The van der Waals surface area contributed by atoms with Gasteiger partial charge in [-0.3, -0.25) is 9.78 Å². The number of hydrogen-bond donors (Lipinski definition) is 2. The first-order valence-corrected chi connectivity index (χ1v) is 5.48. The number of halogens is 2. The highest BCUT2D eigenvalue weighted by atomic mass is 35.5. The molecule has 0 spiro atoms. The Kier molecular flexibility index (Phi) is 3.31. The SMILES string of the molecule is Cc1nnc(Nc2cccc(Cl)c2Cl)[nH]c1=O. The Morgan fingerprint density at radius 1 is 1.29 bits per heavy atom. The molecule has 17 heavy (non-hydrogen) atoms. The standard InChI is InChI=1S/C10H8Cl2N4O/c1-5-9(17)14-10(16-15-5)13-7-4-2-3-6(11)8(7)12/h2-4H,1H3,(H2,13,14,16,17). The van der Waals surface area contributed by atoms with E-state index >= 15 is 0 Å². The van der Waals surface area contributed by atoms with Crippen LogP contribution >= 0.6 is 23.2 Å². The second-order valence-electron chi connectivity index (χ2n) is 3.31. The molecule has 7 heteroatoms. The van der Waals surface area contributed by atoms with Crippen molar-refractivity contribution in [2.24, 2.45) is 0 Å². The fourth-order valence-corrected chi connectivity index (χ4v) is 1.53. The van der Waals surface area contributed by atoms with Crippen LogP contribution in [0.1, 0.15) is 5.69 Å². The smallest absolute Gasteiger partial charge is 0.273 e. The minimum absolute atomic E-state index is 0.213. The second kappa shape index (κ2) is 4.73. The van der Waals surface area contributed by atoms with Crippen LogP contribution in [0.5, 0.6) is 0 Å². The molecule has 0 aliphatic rings. The van der Waals surface area contributed by atoms with E-state index in [-0.39, 0.29) is 11.5 Å². The van der Waals surface area contributed by atoms with Gasteiger partial charge in [-0.05, 0) is 19.1 Å². The van der Waals surface area contributed by atoms with Gasteiger partial charge >= 0.3 is 0 Å². The Hall–Kier alpha value is -1.59. The van der Waals surface area contributed by atoms with Crippen LogP contribution in [0.25, 0.3) is 0 Å². The molecule has 0 fully saturated rings. The summed E-state index contributed by atoms with van der Waals surface area (Å²) in [5.41, 5.74) is 0.543. The van der Waals surface area contributed by atoms with Crippen LogP contribution in [0.4, 0.5) is 11.6 Å². The van der Waals surface area contributed by atoms with Crippen LogP contribution < -0.4 is 10.9 Å². The maximum absolute atomic E-state index is 11.3. The minimum Gasteiger partial charge on any atom is -0.323 e. The number of H-pyrrole nitrogens is 1. The van der Waals surface area contributed by atoms with Crippen molar-refractivity contribution < 1.29 is 0 Å². The van der Waals surface area contributed by atoms with Gasteiger partial charge in [-0.2, -0.15) is 0 Å². The fourth-order valence-electron chi connectivity index (χ4n) is 1.18. The van der Waals surface area contributed by atoms with Crippen molar-refractivity contribution in [1.82, 2.24) is 15.2 Å². The third-order valence-corrected chi connectivity index (χ3v) is 2.88. The number of aromatic amines is 1. The molecule has 2 N–H and O–H groups in total. The maximum Gasteiger partial charge on any atom is 0.273 e. The summed E-state index contributed by atoms with van der Waals surface area (Å²) in [6, 6.07) is 5.11. The van der Waals surface area contributed by atoms with E-state index in [9.17, 15) is 4.79 Å². The summed E-state index contributed by atoms with van der Waals surface area (Å²) in [6.07, 6.45) is 0. The number of aryl methyl sites for hydroxylation is 1. The minimum atomic E-state index is -0.305. The van der Waals surface area contributed by atoms with Gasteiger partial charge in [0.05, 0.1) is 15.7 Å². The van der Waals surface area contributed by atoms with Crippen molar-refractivity contribution >= 4 is 34.8 Å². The van der Waals surface area contributed by atoms with Gasteiger partial charge in [-0.1, -0.05) is 29.3 Å². The third kappa shape index (κ3) is 2.57. The predicted octanol–water partition coefficient (Wildman–Crippen LogP) is 2.52. The van der Waals surface area contributed by atoms with Crippen LogP contribution in [0.2, 0.25) is 10.0 Å². The predicted molar refractivity (Wildman–Crippen MR) is 67.1 cm³/mol. The lowest BCUT2D eigenvalue weighted by molar-refractivity contribution is 0.908. The zero-order valence-corrected chi connectivity index (χ0v) is 10.3. The summed E-state index contributed by atoms with van der Waals surface area (Å²) in [5.74, 6) is 0.213. The molecule has 5 nitrogen and oxygen atoms in total. The molecule has 0 aliphatic carbocycles. The van der Waals surface area contributed by atoms with Gasteiger partial charge in [0, 0.05) is 0 Å². The van der Waals surface area contributed by atoms with E-state index in [1.165, 1.54) is 0 Å². The zero-order chi connectivity index (χ0) is 12.4. The number of aromatic nitrogens is 3. The molecule has 1 aromatic heterocycles. The number of nitrogens with one attached hydrogen (secondary N) is 2. The highest BCUT2D eigenvalue weighted by Crippen LogP contribution is 2.30. The molecule has 0 saturated carbocycles. The lowest BCUT2D eigenvalue weighted by Gasteiger charge is -2.07. The summed E-state index contributed by atoms with van der Waals surface area (Å²) in [5, 5.41) is 11.1. The molecule has 0 saturated heterocycles. The van der Waals surface area contributed by atoms with Crippen LogP contribution in [0.15, 0.2) is 23.0 Å². The lowest BCUT2D eigenvalue weighted by Crippen LogP contribution is -2.15. The largest absolute Gasteiger partial charge is 0.323 e. The monoisotopic (exact) mass is 270 g/mol. The van der Waals surface area contributed by atoms with Crippen LogP contribution in [-0.2, 0) is 0 Å². The van der Waals surface area contributed by atoms with Crippen LogP contribution in [0.3, 0.4) is 0 Å². The van der Waals surface area contributed by atoms with Gasteiger partial charge in [0.1, 0.15) is 5.69 Å². The number of benzene rings is 1. The molecule has 0 unspecified atom stereocenters. The normalized spacial score (nSPS) is 10.3. The third-order valence-electron chi connectivity index (χ3n) is 2.07. The average Bonchev–Trinajstić information content (AvgIpc) is 2.30. The first-order chi connectivity index (χ1) is 8.08. The Bertz CT molecular complexity index is 611. The van der Waals surface area contributed by atoms with E-state index in [2.05, 4.69) is 20.5 Å². The molecule has 0 radical (unpaired) electrons. The summed E-state index contributed by atoms with van der Waals surface area (Å²) < 4.78 is 0. The van der Waals surface area contributed by atoms with E-state index in [0.717, 1.165) is 0 Å².